The Bertz CT molecular complexity index is 576. The molecule has 28 heavy (non-hydrogen) atoms. The Morgan fingerprint density at radius 3 is 2.43 bits per heavy atom. The highest BCUT2D eigenvalue weighted by atomic mass is 16.9. The summed E-state index contributed by atoms with van der Waals surface area (Å²) in [6.45, 7) is 6.00. The van der Waals surface area contributed by atoms with E-state index in [-0.39, 0.29) is 24.6 Å². The van der Waals surface area contributed by atoms with Crippen LogP contribution in [0.4, 0.5) is 0 Å². The molecule has 0 spiro atoms. The number of hydrogen-bond donors (Lipinski definition) is 0. The zero-order chi connectivity index (χ0) is 20.6. The van der Waals surface area contributed by atoms with Crippen molar-refractivity contribution in [2.45, 2.75) is 70.8 Å². The van der Waals surface area contributed by atoms with Gasteiger partial charge in [0, 0.05) is 0 Å². The number of carbonyl (C=O) groups is 1. The van der Waals surface area contributed by atoms with Gasteiger partial charge >= 0.3 is 5.97 Å². The fourth-order valence-corrected chi connectivity index (χ4v) is 3.08. The molecule has 0 amide bonds. The first-order chi connectivity index (χ1) is 13.6. The monoisotopic (exact) mass is 391 g/mol. The van der Waals surface area contributed by atoms with E-state index < -0.39 is 5.09 Å². The number of aryl methyl sites for hydroxylation is 1. The maximum atomic E-state index is 12.7. The van der Waals surface area contributed by atoms with Gasteiger partial charge in [0.25, 0.3) is 5.09 Å². The molecule has 0 heterocycles. The third-order valence-electron chi connectivity index (χ3n) is 4.72. The van der Waals surface area contributed by atoms with E-state index >= 15 is 0 Å². The Balaban J connectivity index is 2.48. The lowest BCUT2D eigenvalue weighted by molar-refractivity contribution is -0.757. The normalized spacial score (nSPS) is 12.8. The van der Waals surface area contributed by atoms with Gasteiger partial charge in [-0.15, -0.1) is 10.1 Å². The zero-order valence-corrected chi connectivity index (χ0v) is 16.9. The quantitative estimate of drug-likeness (QED) is 0.126. The van der Waals surface area contributed by atoms with Gasteiger partial charge in [0.05, 0.1) is 12.5 Å². The topological polar surface area (TPSA) is 78.7 Å². The molecule has 1 rings (SSSR count). The van der Waals surface area contributed by atoms with Crippen LogP contribution in [0.5, 0.6) is 0 Å². The number of rotatable bonds is 16. The summed E-state index contributed by atoms with van der Waals surface area (Å²) >= 11 is 0. The largest absolute Gasteiger partial charge is 0.458 e. The van der Waals surface area contributed by atoms with Crippen LogP contribution in [-0.4, -0.2) is 23.8 Å². The number of hydrogen-bond acceptors (Lipinski definition) is 5. The number of esters is 1. The summed E-state index contributed by atoms with van der Waals surface area (Å²) in [7, 11) is 0. The zero-order valence-electron chi connectivity index (χ0n) is 16.9. The van der Waals surface area contributed by atoms with Crippen molar-refractivity contribution in [2.24, 2.45) is 5.92 Å². The standard InChI is InChI=1S/C22H33NO5/c1-3-5-7-14-20(15-10-11-18-27-23(25)26)22(24)28-21(4-2)17-16-19-12-8-6-9-13-19/h4,6,8-9,12-13,20-21H,2-3,5,7,10-11,14-18H2,1H3. The lowest BCUT2D eigenvalue weighted by Gasteiger charge is -2.20. The van der Waals surface area contributed by atoms with E-state index in [0.29, 0.717) is 25.7 Å². The molecule has 0 bridgehead atoms. The summed E-state index contributed by atoms with van der Waals surface area (Å²) in [6, 6.07) is 10.1. The summed E-state index contributed by atoms with van der Waals surface area (Å²) in [6.07, 6.45) is 8.75. The molecule has 0 saturated heterocycles. The highest BCUT2D eigenvalue weighted by molar-refractivity contribution is 5.72. The van der Waals surface area contributed by atoms with Gasteiger partial charge in [-0.2, -0.15) is 0 Å². The number of unbranched alkanes of at least 4 members (excludes halogenated alkanes) is 3. The second-order valence-electron chi connectivity index (χ2n) is 6.98. The molecule has 2 unspecified atom stereocenters. The molecule has 0 aromatic heterocycles. The van der Waals surface area contributed by atoms with E-state index in [1.165, 1.54) is 5.56 Å². The maximum absolute atomic E-state index is 12.7. The summed E-state index contributed by atoms with van der Waals surface area (Å²) in [5, 5.41) is 9.41. The van der Waals surface area contributed by atoms with Gasteiger partial charge in [-0.05, 0) is 37.7 Å². The fourth-order valence-electron chi connectivity index (χ4n) is 3.08. The van der Waals surface area contributed by atoms with Gasteiger partial charge in [-0.1, -0.05) is 75.6 Å². The molecule has 0 radical (unpaired) electrons. The van der Waals surface area contributed by atoms with E-state index in [1.54, 1.807) is 6.08 Å². The van der Waals surface area contributed by atoms with Crippen LogP contribution in [0.15, 0.2) is 43.0 Å². The van der Waals surface area contributed by atoms with Crippen LogP contribution >= 0.6 is 0 Å². The van der Waals surface area contributed by atoms with Crippen LogP contribution in [0.2, 0.25) is 0 Å². The van der Waals surface area contributed by atoms with Crippen molar-refractivity contribution in [3.05, 3.63) is 58.7 Å². The molecule has 6 heteroatoms. The molecule has 2 atom stereocenters. The third kappa shape index (κ3) is 10.7. The highest BCUT2D eigenvalue weighted by Gasteiger charge is 2.22. The molecular weight excluding hydrogens is 358 g/mol. The Labute approximate surface area is 168 Å². The SMILES string of the molecule is C=CC(CCc1ccccc1)OC(=O)C(CCCCC)CCCCO[N+](=O)[O-]. The van der Waals surface area contributed by atoms with Crippen LogP contribution in [0.3, 0.4) is 0 Å². The second-order valence-corrected chi connectivity index (χ2v) is 6.98. The minimum absolute atomic E-state index is 0.0656. The highest BCUT2D eigenvalue weighted by Crippen LogP contribution is 2.20. The van der Waals surface area contributed by atoms with Crippen LogP contribution in [0.25, 0.3) is 0 Å². The fraction of sp³-hybridized carbons (Fsp3) is 0.591. The van der Waals surface area contributed by atoms with Crippen molar-refractivity contribution in [1.29, 1.82) is 0 Å². The molecule has 0 N–H and O–H groups in total. The van der Waals surface area contributed by atoms with Gasteiger partial charge < -0.3 is 9.57 Å². The Morgan fingerprint density at radius 2 is 1.82 bits per heavy atom. The van der Waals surface area contributed by atoms with Gasteiger partial charge in [-0.25, -0.2) is 0 Å². The van der Waals surface area contributed by atoms with Crippen LogP contribution < -0.4 is 0 Å². The first kappa shape index (κ1) is 23.7. The predicted octanol–water partition coefficient (Wildman–Crippen LogP) is 5.29. The van der Waals surface area contributed by atoms with Crippen LogP contribution in [0.1, 0.15) is 63.9 Å². The molecule has 6 nitrogen and oxygen atoms in total. The molecule has 0 aliphatic rings. The lowest BCUT2D eigenvalue weighted by atomic mass is 9.95. The van der Waals surface area contributed by atoms with Crippen LogP contribution in [-0.2, 0) is 20.8 Å². The van der Waals surface area contributed by atoms with Crippen molar-refractivity contribution in [1.82, 2.24) is 0 Å². The van der Waals surface area contributed by atoms with Crippen molar-refractivity contribution in [3.8, 4) is 0 Å². The molecule has 1 aromatic carbocycles. The number of ether oxygens (including phenoxy) is 1. The Kier molecular flexibility index (Phi) is 12.4. The summed E-state index contributed by atoms with van der Waals surface area (Å²) < 4.78 is 5.71. The maximum Gasteiger partial charge on any atom is 0.309 e. The van der Waals surface area contributed by atoms with Crippen molar-refractivity contribution in [2.75, 3.05) is 6.61 Å². The van der Waals surface area contributed by atoms with E-state index in [0.717, 1.165) is 32.1 Å². The van der Waals surface area contributed by atoms with Crippen LogP contribution in [0, 0.1) is 16.0 Å². The second kappa shape index (κ2) is 14.7. The molecule has 0 aliphatic heterocycles. The first-order valence-corrected chi connectivity index (χ1v) is 10.2. The molecule has 1 aromatic rings. The summed E-state index contributed by atoms with van der Waals surface area (Å²) in [5.74, 6) is -0.370. The van der Waals surface area contributed by atoms with Gasteiger partial charge in [-0.3, -0.25) is 4.79 Å². The number of nitrogens with zero attached hydrogens (tertiary/aromatic N) is 1. The molecule has 0 saturated carbocycles. The van der Waals surface area contributed by atoms with Gasteiger partial charge in [0.1, 0.15) is 6.10 Å². The number of benzene rings is 1. The molecule has 156 valence electrons. The molecule has 0 aliphatic carbocycles. The minimum Gasteiger partial charge on any atom is -0.458 e. The van der Waals surface area contributed by atoms with E-state index in [2.05, 4.69) is 30.5 Å². The van der Waals surface area contributed by atoms with Gasteiger partial charge in [0.15, 0.2) is 0 Å². The average Bonchev–Trinajstić information content (AvgIpc) is 2.70. The Morgan fingerprint density at radius 1 is 1.14 bits per heavy atom. The number of carbonyl (C=O) groups excluding carboxylic acids is 1. The summed E-state index contributed by atoms with van der Waals surface area (Å²) in [5.41, 5.74) is 1.20. The van der Waals surface area contributed by atoms with Gasteiger partial charge in [0.2, 0.25) is 0 Å². The van der Waals surface area contributed by atoms with Crippen molar-refractivity contribution < 1.29 is 19.5 Å². The van der Waals surface area contributed by atoms with Crippen molar-refractivity contribution in [3.63, 3.8) is 0 Å². The first-order valence-electron chi connectivity index (χ1n) is 10.2. The Hall–Kier alpha value is -2.37. The summed E-state index contributed by atoms with van der Waals surface area (Å²) in [4.78, 5) is 27.2. The third-order valence-corrected chi connectivity index (χ3v) is 4.72. The molecule has 0 fully saturated rings. The smallest absolute Gasteiger partial charge is 0.309 e. The van der Waals surface area contributed by atoms with E-state index in [4.69, 9.17) is 4.74 Å². The predicted molar refractivity (Wildman–Crippen MR) is 109 cm³/mol. The van der Waals surface area contributed by atoms with Crippen molar-refractivity contribution >= 4 is 5.97 Å². The minimum atomic E-state index is -0.783. The average molecular weight is 392 g/mol. The molecular formula is C22H33NO5. The lowest BCUT2D eigenvalue weighted by Crippen LogP contribution is -2.24. The van der Waals surface area contributed by atoms with E-state index in [9.17, 15) is 14.9 Å². The van der Waals surface area contributed by atoms with E-state index in [1.807, 2.05) is 18.2 Å².